The smallest absolute Gasteiger partial charge is 0.303 e. The van der Waals surface area contributed by atoms with E-state index >= 15 is 0 Å². The van der Waals surface area contributed by atoms with E-state index in [0.29, 0.717) is 12.8 Å². The fourth-order valence-electron chi connectivity index (χ4n) is 2.50. The molecular formula is C16H22O4S. The molecule has 5 heteroatoms. The highest BCUT2D eigenvalue weighted by atomic mass is 32.2. The maximum absolute atomic E-state index is 10.6. The number of benzene rings is 1. The summed E-state index contributed by atoms with van der Waals surface area (Å²) in [4.78, 5) is 10.6. The van der Waals surface area contributed by atoms with E-state index in [4.69, 9.17) is 14.6 Å². The van der Waals surface area contributed by atoms with E-state index in [2.05, 4.69) is 0 Å². The highest BCUT2D eigenvalue weighted by molar-refractivity contribution is 7.99. The van der Waals surface area contributed by atoms with E-state index in [-0.39, 0.29) is 12.5 Å². The van der Waals surface area contributed by atoms with Crippen molar-refractivity contribution in [2.24, 2.45) is 0 Å². The van der Waals surface area contributed by atoms with Crippen molar-refractivity contribution in [3.63, 3.8) is 0 Å². The lowest BCUT2D eigenvalue weighted by molar-refractivity contribution is -0.137. The van der Waals surface area contributed by atoms with Crippen LogP contribution >= 0.6 is 11.8 Å². The number of para-hydroxylation sites is 1. The molecule has 1 unspecified atom stereocenters. The average molecular weight is 310 g/mol. The third-order valence-electron chi connectivity index (χ3n) is 3.51. The summed E-state index contributed by atoms with van der Waals surface area (Å²) in [6, 6.07) is 5.85. The van der Waals surface area contributed by atoms with Crippen LogP contribution in [0, 0.1) is 0 Å². The van der Waals surface area contributed by atoms with Crippen molar-refractivity contribution in [2.75, 3.05) is 18.6 Å². The van der Waals surface area contributed by atoms with Crippen molar-refractivity contribution < 1.29 is 19.4 Å². The number of carboxylic acid groups (broad SMARTS) is 1. The van der Waals surface area contributed by atoms with E-state index < -0.39 is 5.97 Å². The van der Waals surface area contributed by atoms with Crippen LogP contribution in [0.25, 0.3) is 0 Å². The molecule has 1 aromatic carbocycles. The molecule has 0 amide bonds. The zero-order chi connectivity index (χ0) is 15.1. The number of methoxy groups -OCH3 is 1. The summed E-state index contributed by atoms with van der Waals surface area (Å²) in [6.45, 7) is 0. The SMILES string of the molecule is COc1c(CCCC(=O)O)cccc1OC1CCCSC1. The van der Waals surface area contributed by atoms with Gasteiger partial charge in [-0.15, -0.1) is 0 Å². The Kier molecular flexibility index (Phi) is 6.23. The summed E-state index contributed by atoms with van der Waals surface area (Å²) in [5.74, 6) is 3.00. The average Bonchev–Trinajstić information content (AvgIpc) is 2.48. The minimum absolute atomic E-state index is 0.174. The first kappa shape index (κ1) is 16.0. The van der Waals surface area contributed by atoms with Crippen LogP contribution in [0.4, 0.5) is 0 Å². The Balaban J connectivity index is 2.04. The van der Waals surface area contributed by atoms with E-state index in [1.54, 1.807) is 7.11 Å². The molecule has 1 saturated heterocycles. The Morgan fingerprint density at radius 1 is 1.48 bits per heavy atom. The number of carboxylic acids is 1. The lowest BCUT2D eigenvalue weighted by atomic mass is 10.1. The monoisotopic (exact) mass is 310 g/mol. The molecule has 1 atom stereocenters. The van der Waals surface area contributed by atoms with Gasteiger partial charge in [0.15, 0.2) is 11.5 Å². The lowest BCUT2D eigenvalue weighted by Crippen LogP contribution is -2.23. The third kappa shape index (κ3) is 4.84. The van der Waals surface area contributed by atoms with Gasteiger partial charge in [0, 0.05) is 12.2 Å². The van der Waals surface area contributed by atoms with Crippen LogP contribution in [-0.4, -0.2) is 35.8 Å². The summed E-state index contributed by atoms with van der Waals surface area (Å²) in [5.41, 5.74) is 1.01. The second-order valence-corrected chi connectivity index (χ2v) is 6.30. The van der Waals surface area contributed by atoms with Gasteiger partial charge in [-0.1, -0.05) is 12.1 Å². The number of carbonyl (C=O) groups is 1. The van der Waals surface area contributed by atoms with Gasteiger partial charge in [-0.05, 0) is 43.1 Å². The van der Waals surface area contributed by atoms with Crippen molar-refractivity contribution in [1.29, 1.82) is 0 Å². The quantitative estimate of drug-likeness (QED) is 0.836. The van der Waals surface area contributed by atoms with E-state index in [1.807, 2.05) is 30.0 Å². The van der Waals surface area contributed by atoms with Gasteiger partial charge in [0.2, 0.25) is 0 Å². The van der Waals surface area contributed by atoms with Crippen molar-refractivity contribution in [2.45, 2.75) is 38.2 Å². The molecule has 21 heavy (non-hydrogen) atoms. The number of ether oxygens (including phenoxy) is 2. The lowest BCUT2D eigenvalue weighted by Gasteiger charge is -2.24. The predicted molar refractivity (Wildman–Crippen MR) is 84.5 cm³/mol. The fourth-order valence-corrected chi connectivity index (χ4v) is 3.53. The molecule has 1 heterocycles. The molecule has 1 aromatic rings. The Labute approximate surface area is 129 Å². The first-order chi connectivity index (χ1) is 10.2. The van der Waals surface area contributed by atoms with Crippen molar-refractivity contribution in [3.05, 3.63) is 23.8 Å². The second-order valence-electron chi connectivity index (χ2n) is 5.15. The van der Waals surface area contributed by atoms with Gasteiger partial charge in [-0.25, -0.2) is 0 Å². The number of hydrogen-bond acceptors (Lipinski definition) is 4. The zero-order valence-electron chi connectivity index (χ0n) is 12.3. The van der Waals surface area contributed by atoms with Gasteiger partial charge in [-0.3, -0.25) is 4.79 Å². The molecule has 0 spiro atoms. The minimum atomic E-state index is -0.763. The maximum Gasteiger partial charge on any atom is 0.303 e. The van der Waals surface area contributed by atoms with Crippen LogP contribution in [0.15, 0.2) is 18.2 Å². The number of rotatable bonds is 7. The van der Waals surface area contributed by atoms with Gasteiger partial charge in [0.05, 0.1) is 7.11 Å². The normalized spacial score (nSPS) is 18.2. The van der Waals surface area contributed by atoms with Crippen LogP contribution in [-0.2, 0) is 11.2 Å². The number of thioether (sulfide) groups is 1. The van der Waals surface area contributed by atoms with Gasteiger partial charge in [-0.2, -0.15) is 11.8 Å². The molecule has 0 aliphatic carbocycles. The zero-order valence-corrected chi connectivity index (χ0v) is 13.2. The molecule has 116 valence electrons. The summed E-state index contributed by atoms with van der Waals surface area (Å²) in [6.07, 6.45) is 3.98. The molecule has 0 aromatic heterocycles. The molecule has 0 saturated carbocycles. The Hall–Kier alpha value is -1.36. The van der Waals surface area contributed by atoms with Crippen molar-refractivity contribution >= 4 is 17.7 Å². The maximum atomic E-state index is 10.6. The minimum Gasteiger partial charge on any atom is -0.493 e. The summed E-state index contributed by atoms with van der Waals surface area (Å²) >= 11 is 1.93. The molecule has 0 radical (unpaired) electrons. The Morgan fingerprint density at radius 2 is 2.33 bits per heavy atom. The van der Waals surface area contributed by atoms with Crippen LogP contribution in [0.2, 0.25) is 0 Å². The fraction of sp³-hybridized carbons (Fsp3) is 0.562. The van der Waals surface area contributed by atoms with Gasteiger partial charge in [0.1, 0.15) is 6.10 Å². The van der Waals surface area contributed by atoms with Crippen LogP contribution in [0.3, 0.4) is 0 Å². The van der Waals surface area contributed by atoms with Crippen LogP contribution < -0.4 is 9.47 Å². The van der Waals surface area contributed by atoms with Gasteiger partial charge >= 0.3 is 5.97 Å². The molecule has 1 aliphatic heterocycles. The third-order valence-corrected chi connectivity index (χ3v) is 4.70. The molecule has 0 bridgehead atoms. The largest absolute Gasteiger partial charge is 0.493 e. The molecule has 1 N–H and O–H groups in total. The van der Waals surface area contributed by atoms with Crippen molar-refractivity contribution in [1.82, 2.24) is 0 Å². The summed E-state index contributed by atoms with van der Waals surface area (Å²) in [7, 11) is 1.64. The number of aryl methyl sites for hydroxylation is 1. The number of hydrogen-bond donors (Lipinski definition) is 1. The summed E-state index contributed by atoms with van der Waals surface area (Å²) < 4.78 is 11.6. The molecular weight excluding hydrogens is 288 g/mol. The first-order valence-corrected chi connectivity index (χ1v) is 8.48. The standard InChI is InChI=1S/C16H22O4S/c1-19-16-12(6-3-9-15(17)18)5-2-8-14(16)20-13-7-4-10-21-11-13/h2,5,8,13H,3-4,6-7,9-11H2,1H3,(H,17,18). The Bertz CT molecular complexity index is 469. The number of aliphatic carboxylic acids is 1. The molecule has 1 fully saturated rings. The van der Waals surface area contributed by atoms with E-state index in [1.165, 1.54) is 12.2 Å². The highest BCUT2D eigenvalue weighted by Gasteiger charge is 2.18. The van der Waals surface area contributed by atoms with E-state index in [9.17, 15) is 4.79 Å². The molecule has 2 rings (SSSR count). The topological polar surface area (TPSA) is 55.8 Å². The second kappa shape index (κ2) is 8.17. The summed E-state index contributed by atoms with van der Waals surface area (Å²) in [5, 5.41) is 8.73. The van der Waals surface area contributed by atoms with E-state index in [0.717, 1.165) is 29.2 Å². The predicted octanol–water partition coefficient (Wildman–Crippen LogP) is 3.38. The molecule has 1 aliphatic rings. The molecule has 4 nitrogen and oxygen atoms in total. The van der Waals surface area contributed by atoms with Crippen LogP contribution in [0.5, 0.6) is 11.5 Å². The highest BCUT2D eigenvalue weighted by Crippen LogP contribution is 2.34. The van der Waals surface area contributed by atoms with Crippen LogP contribution in [0.1, 0.15) is 31.2 Å². The van der Waals surface area contributed by atoms with Crippen molar-refractivity contribution in [3.8, 4) is 11.5 Å². The van der Waals surface area contributed by atoms with Gasteiger partial charge in [0.25, 0.3) is 0 Å². The Morgan fingerprint density at radius 3 is 3.00 bits per heavy atom. The van der Waals surface area contributed by atoms with Gasteiger partial charge < -0.3 is 14.6 Å². The first-order valence-electron chi connectivity index (χ1n) is 7.32.